The van der Waals surface area contributed by atoms with Crippen molar-refractivity contribution in [2.45, 2.75) is 78.7 Å². The molecule has 4 aliphatic carbocycles. The van der Waals surface area contributed by atoms with E-state index < -0.39 is 70.2 Å². The van der Waals surface area contributed by atoms with Crippen LogP contribution in [0.3, 0.4) is 0 Å². The molecule has 0 aromatic rings. The van der Waals surface area contributed by atoms with Gasteiger partial charge in [-0.25, -0.2) is 9.18 Å². The van der Waals surface area contributed by atoms with Gasteiger partial charge in [0.15, 0.2) is 0 Å². The standard InChI is InChI=1S/C17H18F10O7S/c18-13(35-34-33-31,14(19,20)15(21,22)16(23,24)17(25,26)27)9(28)32-7-10-1-8-2-11(29,4-10)6-12(30,3-8)5-10/h8,29-31H,1-7H2/p-1. The van der Waals surface area contributed by atoms with Crippen LogP contribution in [-0.4, -0.2) is 62.9 Å². The number of alkyl halides is 10. The number of hydrogen-bond acceptors (Lipinski definition) is 8. The summed E-state index contributed by atoms with van der Waals surface area (Å²) in [5.74, 6) is -25.8. The highest BCUT2D eigenvalue weighted by Gasteiger charge is 2.88. The molecule has 4 rings (SSSR count). The number of carbonyl (C=O) groups excluding carboxylic acids is 1. The monoisotopic (exact) mass is 555 g/mol. The van der Waals surface area contributed by atoms with Crippen molar-refractivity contribution < 1.29 is 78.3 Å². The van der Waals surface area contributed by atoms with Crippen LogP contribution in [0.2, 0.25) is 0 Å². The highest BCUT2D eigenvalue weighted by atomic mass is 32.2. The Balaban J connectivity index is 1.89. The van der Waals surface area contributed by atoms with E-state index in [0.717, 1.165) is 0 Å². The molecule has 3 atom stereocenters. The summed E-state index contributed by atoms with van der Waals surface area (Å²) >= 11 is -1.90. The number of halogens is 10. The number of ether oxygens (including phenoxy) is 1. The predicted molar refractivity (Wildman–Crippen MR) is 89.0 cm³/mol. The van der Waals surface area contributed by atoms with Gasteiger partial charge in [0.25, 0.3) is 0 Å². The number of hydrogen-bond donors (Lipinski definition) is 2. The maximum absolute atomic E-state index is 15.0. The van der Waals surface area contributed by atoms with Gasteiger partial charge in [0.1, 0.15) is 0 Å². The molecule has 0 aliphatic heterocycles. The van der Waals surface area contributed by atoms with Gasteiger partial charge in [-0.05, 0) is 38.0 Å². The van der Waals surface area contributed by atoms with Crippen molar-refractivity contribution in [2.24, 2.45) is 11.3 Å². The Labute approximate surface area is 193 Å². The number of aliphatic hydroxyl groups is 2. The van der Waals surface area contributed by atoms with Gasteiger partial charge in [0, 0.05) is 11.8 Å². The second-order valence-corrected chi connectivity index (χ2v) is 10.4. The lowest BCUT2D eigenvalue weighted by molar-refractivity contribution is -0.777. The zero-order valence-electron chi connectivity index (χ0n) is 17.2. The first kappa shape index (κ1) is 28.5. The van der Waals surface area contributed by atoms with E-state index in [1.165, 1.54) is 0 Å². The summed E-state index contributed by atoms with van der Waals surface area (Å²) in [6.45, 7) is -1.10. The third-order valence-electron chi connectivity index (χ3n) is 6.62. The predicted octanol–water partition coefficient (Wildman–Crippen LogP) is 2.98. The van der Waals surface area contributed by atoms with Crippen LogP contribution in [0.5, 0.6) is 0 Å². The zero-order chi connectivity index (χ0) is 26.9. The molecular formula is C17H17F10O7S-. The zero-order valence-corrected chi connectivity index (χ0v) is 18.0. The fourth-order valence-corrected chi connectivity index (χ4v) is 6.34. The fraction of sp³-hybridized carbons (Fsp3) is 0.941. The van der Waals surface area contributed by atoms with Crippen LogP contribution < -0.4 is 5.26 Å². The van der Waals surface area contributed by atoms with Gasteiger partial charge in [-0.3, -0.25) is 5.04 Å². The largest absolute Gasteiger partial charge is 0.691 e. The smallest absolute Gasteiger partial charge is 0.460 e. The van der Waals surface area contributed by atoms with E-state index >= 15 is 0 Å². The summed E-state index contributed by atoms with van der Waals surface area (Å²) < 4.78 is 142. The Kier molecular flexibility index (Phi) is 6.68. The van der Waals surface area contributed by atoms with E-state index in [2.05, 4.69) is 14.1 Å². The minimum absolute atomic E-state index is 0.0827. The Morgan fingerprint density at radius 3 is 1.80 bits per heavy atom. The molecule has 2 N–H and O–H groups in total. The Morgan fingerprint density at radius 1 is 0.857 bits per heavy atom. The van der Waals surface area contributed by atoms with Gasteiger partial charge in [0.2, 0.25) is 0 Å². The van der Waals surface area contributed by atoms with Crippen molar-refractivity contribution in [2.75, 3.05) is 6.61 Å². The topological polar surface area (TPSA) is 108 Å². The second kappa shape index (κ2) is 8.21. The molecular weight excluding hydrogens is 538 g/mol. The Morgan fingerprint density at radius 2 is 1.37 bits per heavy atom. The van der Waals surface area contributed by atoms with Crippen LogP contribution >= 0.6 is 12.0 Å². The molecule has 4 bridgehead atoms. The molecule has 0 saturated heterocycles. The van der Waals surface area contributed by atoms with Gasteiger partial charge in [-0.2, -0.15) is 43.8 Å². The van der Waals surface area contributed by atoms with E-state index in [1.54, 1.807) is 0 Å². The van der Waals surface area contributed by atoms with Crippen LogP contribution in [-0.2, 0) is 18.9 Å². The first-order valence-electron chi connectivity index (χ1n) is 9.75. The van der Waals surface area contributed by atoms with Gasteiger partial charge < -0.3 is 20.2 Å². The van der Waals surface area contributed by atoms with Crippen molar-refractivity contribution in [3.8, 4) is 0 Å². The Hall–Kier alpha value is -1.08. The third-order valence-corrected chi connectivity index (χ3v) is 7.40. The molecule has 4 aliphatic rings. The van der Waals surface area contributed by atoms with Gasteiger partial charge >= 0.3 is 34.9 Å². The van der Waals surface area contributed by atoms with Crippen molar-refractivity contribution in [1.82, 2.24) is 0 Å². The van der Waals surface area contributed by atoms with Crippen molar-refractivity contribution >= 4 is 18.0 Å². The summed E-state index contributed by atoms with van der Waals surface area (Å²) in [6.07, 6.45) is -7.24. The molecule has 0 heterocycles. The van der Waals surface area contributed by atoms with Crippen molar-refractivity contribution in [1.29, 1.82) is 0 Å². The summed E-state index contributed by atoms with van der Waals surface area (Å²) in [6, 6.07) is 0. The summed E-state index contributed by atoms with van der Waals surface area (Å²) in [5.41, 5.74) is -4.32. The highest BCUT2D eigenvalue weighted by Crippen LogP contribution is 2.64. The Bertz CT molecular complexity index is 838. The molecule has 3 unspecified atom stereocenters. The SMILES string of the molecule is O=C(OCC12CC3CC(O)(CC(O)(C3)C1)C2)C(F)(SOO[O-])C(F)(F)C(F)(F)C(F)(F)C(F)(F)F. The first-order chi connectivity index (χ1) is 15.6. The lowest BCUT2D eigenvalue weighted by Gasteiger charge is -2.63. The van der Waals surface area contributed by atoms with Crippen LogP contribution in [0.25, 0.3) is 0 Å². The lowest BCUT2D eigenvalue weighted by atomic mass is 9.46. The summed E-state index contributed by atoms with van der Waals surface area (Å²) in [5, 5.41) is 27.8. The minimum atomic E-state index is -7.59. The molecule has 7 nitrogen and oxygen atoms in total. The molecule has 204 valence electrons. The van der Waals surface area contributed by atoms with Gasteiger partial charge in [-0.1, -0.05) is 0 Å². The van der Waals surface area contributed by atoms with Crippen molar-refractivity contribution in [3.63, 3.8) is 0 Å². The van der Waals surface area contributed by atoms with Crippen LogP contribution in [0, 0.1) is 11.3 Å². The average Bonchev–Trinajstić information content (AvgIpc) is 2.66. The molecule has 0 aromatic heterocycles. The number of esters is 1. The van der Waals surface area contributed by atoms with E-state index in [9.17, 15) is 64.2 Å². The normalized spacial score (nSPS) is 35.2. The van der Waals surface area contributed by atoms with Crippen LogP contribution in [0.15, 0.2) is 0 Å². The van der Waals surface area contributed by atoms with E-state index in [0.29, 0.717) is 0 Å². The van der Waals surface area contributed by atoms with Crippen LogP contribution in [0.1, 0.15) is 38.5 Å². The molecule has 35 heavy (non-hydrogen) atoms. The summed E-state index contributed by atoms with van der Waals surface area (Å²) in [7, 11) is 0. The van der Waals surface area contributed by atoms with Gasteiger partial charge in [-0.15, -0.1) is 0 Å². The fourth-order valence-electron chi connectivity index (χ4n) is 5.86. The minimum Gasteiger partial charge on any atom is -0.691 e. The number of carbonyl (C=O) groups is 1. The van der Waals surface area contributed by atoms with E-state index in [4.69, 9.17) is 0 Å². The highest BCUT2D eigenvalue weighted by molar-refractivity contribution is 7.96. The lowest BCUT2D eigenvalue weighted by Crippen LogP contribution is -2.69. The third kappa shape index (κ3) is 4.36. The molecule has 4 fully saturated rings. The molecule has 0 amide bonds. The molecule has 0 radical (unpaired) electrons. The maximum Gasteiger partial charge on any atom is 0.460 e. The maximum atomic E-state index is 15.0. The number of rotatable bonds is 9. The average molecular weight is 555 g/mol. The molecule has 0 spiro atoms. The van der Waals surface area contributed by atoms with E-state index in [-0.39, 0.29) is 44.4 Å². The first-order valence-corrected chi connectivity index (χ1v) is 10.5. The molecule has 0 aromatic carbocycles. The van der Waals surface area contributed by atoms with E-state index in [1.807, 2.05) is 0 Å². The van der Waals surface area contributed by atoms with Gasteiger partial charge in [0.05, 0.1) is 29.9 Å². The molecule has 18 heteroatoms. The quantitative estimate of drug-likeness (QED) is 0.147. The molecule has 4 saturated carbocycles. The second-order valence-electron chi connectivity index (χ2n) is 9.57. The summed E-state index contributed by atoms with van der Waals surface area (Å²) in [4.78, 5) is 12.2. The van der Waals surface area contributed by atoms with Crippen molar-refractivity contribution in [3.05, 3.63) is 0 Å². The van der Waals surface area contributed by atoms with Crippen LogP contribution in [0.4, 0.5) is 43.9 Å².